The first-order valence-corrected chi connectivity index (χ1v) is 7.23. The van der Waals surface area contributed by atoms with E-state index in [0.29, 0.717) is 19.7 Å². The first-order chi connectivity index (χ1) is 8.76. The molecule has 0 unspecified atom stereocenters. The summed E-state index contributed by atoms with van der Waals surface area (Å²) in [5.41, 5.74) is 2.06. The molecular weight excluding hydrogens is 284 g/mol. The zero-order valence-electron chi connectivity index (χ0n) is 11.3. The molecule has 2 N–H and O–H groups in total. The summed E-state index contributed by atoms with van der Waals surface area (Å²) in [5.74, 6) is 0.919. The Bertz CT molecular complexity index is 377. The van der Waals surface area contributed by atoms with Gasteiger partial charge < -0.3 is 15.4 Å². The molecule has 0 spiro atoms. The number of methoxy groups -OCH3 is 1. The van der Waals surface area contributed by atoms with E-state index in [1.54, 1.807) is 18.9 Å². The van der Waals surface area contributed by atoms with Gasteiger partial charge in [0.2, 0.25) is 5.91 Å². The SMILES string of the molecule is COCCNCC(=O)Nc1cccc(CSC)c1.Cl. The van der Waals surface area contributed by atoms with E-state index in [1.165, 1.54) is 5.56 Å². The maximum absolute atomic E-state index is 11.6. The van der Waals surface area contributed by atoms with Gasteiger partial charge in [0, 0.05) is 25.1 Å². The lowest BCUT2D eigenvalue weighted by molar-refractivity contribution is -0.115. The number of benzene rings is 1. The standard InChI is InChI=1S/C13H20N2O2S.ClH/c1-17-7-6-14-9-13(16)15-12-5-3-4-11(8-12)10-18-2;/h3-5,8,14H,6-7,9-10H2,1-2H3,(H,15,16);1H. The van der Waals surface area contributed by atoms with Crippen LogP contribution in [-0.4, -0.2) is 39.0 Å². The summed E-state index contributed by atoms with van der Waals surface area (Å²) >= 11 is 1.76. The number of thioether (sulfide) groups is 1. The highest BCUT2D eigenvalue weighted by atomic mass is 35.5. The Morgan fingerprint density at radius 2 is 2.21 bits per heavy atom. The molecule has 6 heteroatoms. The van der Waals surface area contributed by atoms with Crippen molar-refractivity contribution in [3.8, 4) is 0 Å². The maximum atomic E-state index is 11.6. The third kappa shape index (κ3) is 8.10. The molecule has 0 fully saturated rings. The van der Waals surface area contributed by atoms with Crippen LogP contribution in [0.25, 0.3) is 0 Å². The highest BCUT2D eigenvalue weighted by Crippen LogP contribution is 2.14. The maximum Gasteiger partial charge on any atom is 0.238 e. The molecule has 0 aliphatic carbocycles. The number of carbonyl (C=O) groups excluding carboxylic acids is 1. The first-order valence-electron chi connectivity index (χ1n) is 5.83. The van der Waals surface area contributed by atoms with Crippen molar-refractivity contribution in [2.45, 2.75) is 5.75 Å². The Labute approximate surface area is 125 Å². The minimum Gasteiger partial charge on any atom is -0.383 e. The van der Waals surface area contributed by atoms with Gasteiger partial charge in [0.1, 0.15) is 0 Å². The Morgan fingerprint density at radius 3 is 2.89 bits per heavy atom. The lowest BCUT2D eigenvalue weighted by atomic mass is 10.2. The molecule has 0 aliphatic rings. The molecule has 1 rings (SSSR count). The predicted octanol–water partition coefficient (Wildman–Crippen LogP) is 2.15. The van der Waals surface area contributed by atoms with Gasteiger partial charge in [-0.3, -0.25) is 4.79 Å². The van der Waals surface area contributed by atoms with Crippen LogP contribution in [-0.2, 0) is 15.3 Å². The second kappa shape index (κ2) is 11.1. The van der Waals surface area contributed by atoms with E-state index in [1.807, 2.05) is 18.2 Å². The van der Waals surface area contributed by atoms with Crippen LogP contribution in [0.5, 0.6) is 0 Å². The summed E-state index contributed by atoms with van der Waals surface area (Å²) in [6.45, 7) is 1.59. The van der Waals surface area contributed by atoms with Gasteiger partial charge in [0.15, 0.2) is 0 Å². The zero-order valence-corrected chi connectivity index (χ0v) is 12.9. The topological polar surface area (TPSA) is 50.4 Å². The fraction of sp³-hybridized carbons (Fsp3) is 0.462. The summed E-state index contributed by atoms with van der Waals surface area (Å²) in [4.78, 5) is 11.6. The molecule has 1 aromatic rings. The molecule has 0 radical (unpaired) electrons. The number of hydrogen-bond donors (Lipinski definition) is 2. The fourth-order valence-electron chi connectivity index (χ4n) is 1.49. The molecule has 1 amide bonds. The summed E-state index contributed by atoms with van der Waals surface area (Å²) in [7, 11) is 1.64. The Kier molecular flexibility index (Phi) is 10.7. The molecule has 0 saturated carbocycles. The monoisotopic (exact) mass is 304 g/mol. The molecule has 1 aromatic carbocycles. The quantitative estimate of drug-likeness (QED) is 0.723. The van der Waals surface area contributed by atoms with E-state index in [2.05, 4.69) is 23.0 Å². The Hall–Kier alpha value is -0.750. The minimum atomic E-state index is -0.0348. The van der Waals surface area contributed by atoms with Crippen LogP contribution >= 0.6 is 24.2 Å². The van der Waals surface area contributed by atoms with Crippen LogP contribution < -0.4 is 10.6 Å². The van der Waals surface area contributed by atoms with E-state index in [9.17, 15) is 4.79 Å². The molecule has 0 heterocycles. The average Bonchev–Trinajstić information content (AvgIpc) is 2.35. The van der Waals surface area contributed by atoms with Crippen molar-refractivity contribution in [1.82, 2.24) is 5.32 Å². The summed E-state index contributed by atoms with van der Waals surface area (Å²) in [6.07, 6.45) is 2.06. The molecule has 0 saturated heterocycles. The third-order valence-corrected chi connectivity index (χ3v) is 2.91. The van der Waals surface area contributed by atoms with Gasteiger partial charge >= 0.3 is 0 Å². The van der Waals surface area contributed by atoms with Crippen LogP contribution in [0.15, 0.2) is 24.3 Å². The van der Waals surface area contributed by atoms with Gasteiger partial charge in [0.05, 0.1) is 13.2 Å². The van der Waals surface area contributed by atoms with Gasteiger partial charge in [-0.25, -0.2) is 0 Å². The van der Waals surface area contributed by atoms with E-state index in [0.717, 1.165) is 11.4 Å². The molecule has 0 aliphatic heterocycles. The van der Waals surface area contributed by atoms with Gasteiger partial charge in [-0.05, 0) is 24.0 Å². The second-order valence-electron chi connectivity index (χ2n) is 3.85. The Balaban J connectivity index is 0.00000324. The number of hydrogen-bond acceptors (Lipinski definition) is 4. The van der Waals surface area contributed by atoms with Crippen molar-refractivity contribution in [3.05, 3.63) is 29.8 Å². The Morgan fingerprint density at radius 1 is 1.42 bits per heavy atom. The number of nitrogens with one attached hydrogen (secondary N) is 2. The number of ether oxygens (including phenoxy) is 1. The molecule has 0 atom stereocenters. The number of carbonyl (C=O) groups is 1. The van der Waals surface area contributed by atoms with E-state index >= 15 is 0 Å². The van der Waals surface area contributed by atoms with Crippen LogP contribution in [0.1, 0.15) is 5.56 Å². The van der Waals surface area contributed by atoms with Gasteiger partial charge in [0.25, 0.3) is 0 Å². The van der Waals surface area contributed by atoms with Crippen molar-refractivity contribution < 1.29 is 9.53 Å². The van der Waals surface area contributed by atoms with Gasteiger partial charge in [-0.2, -0.15) is 11.8 Å². The average molecular weight is 305 g/mol. The van der Waals surface area contributed by atoms with Crippen molar-refractivity contribution in [1.29, 1.82) is 0 Å². The first kappa shape index (κ1) is 18.2. The van der Waals surface area contributed by atoms with Crippen LogP contribution in [0.3, 0.4) is 0 Å². The summed E-state index contributed by atoms with van der Waals surface area (Å²) in [5, 5.41) is 5.87. The lowest BCUT2D eigenvalue weighted by Gasteiger charge is -2.07. The minimum absolute atomic E-state index is 0. The van der Waals surface area contributed by atoms with Crippen LogP contribution in [0.4, 0.5) is 5.69 Å². The highest BCUT2D eigenvalue weighted by Gasteiger charge is 2.02. The van der Waals surface area contributed by atoms with Gasteiger partial charge in [-0.1, -0.05) is 12.1 Å². The zero-order chi connectivity index (χ0) is 13.2. The van der Waals surface area contributed by atoms with E-state index < -0.39 is 0 Å². The van der Waals surface area contributed by atoms with Crippen molar-refractivity contribution in [3.63, 3.8) is 0 Å². The number of amides is 1. The normalized spacial score (nSPS) is 9.79. The van der Waals surface area contributed by atoms with Crippen LogP contribution in [0.2, 0.25) is 0 Å². The fourth-order valence-corrected chi connectivity index (χ4v) is 2.00. The molecule has 4 nitrogen and oxygen atoms in total. The van der Waals surface area contributed by atoms with Crippen molar-refractivity contribution in [2.75, 3.05) is 38.4 Å². The van der Waals surface area contributed by atoms with Crippen molar-refractivity contribution in [2.24, 2.45) is 0 Å². The highest BCUT2D eigenvalue weighted by molar-refractivity contribution is 7.97. The number of halogens is 1. The smallest absolute Gasteiger partial charge is 0.238 e. The summed E-state index contributed by atoms with van der Waals surface area (Å²) in [6, 6.07) is 7.92. The van der Waals surface area contributed by atoms with E-state index in [-0.39, 0.29) is 18.3 Å². The molecule has 108 valence electrons. The molecule has 19 heavy (non-hydrogen) atoms. The third-order valence-electron chi connectivity index (χ3n) is 2.29. The number of rotatable bonds is 8. The lowest BCUT2D eigenvalue weighted by Crippen LogP contribution is -2.30. The molecule has 0 bridgehead atoms. The predicted molar refractivity (Wildman–Crippen MR) is 84.3 cm³/mol. The van der Waals surface area contributed by atoms with Crippen LogP contribution in [0, 0.1) is 0 Å². The molecule has 0 aromatic heterocycles. The number of anilines is 1. The van der Waals surface area contributed by atoms with E-state index in [4.69, 9.17) is 4.74 Å². The largest absolute Gasteiger partial charge is 0.383 e. The second-order valence-corrected chi connectivity index (χ2v) is 4.72. The molecular formula is C13H21ClN2O2S. The van der Waals surface area contributed by atoms with Crippen molar-refractivity contribution >= 4 is 35.8 Å². The summed E-state index contributed by atoms with van der Waals surface area (Å²) < 4.78 is 4.89. The van der Waals surface area contributed by atoms with Gasteiger partial charge in [-0.15, -0.1) is 12.4 Å².